The molecule has 10 nitrogen and oxygen atoms in total. The molecule has 4 rings (SSSR count). The van der Waals surface area contributed by atoms with E-state index in [-0.39, 0.29) is 17.2 Å². The molecular formula is C28H28F3N7O3. The minimum absolute atomic E-state index is 0.186. The van der Waals surface area contributed by atoms with Gasteiger partial charge in [0.25, 0.3) is 5.56 Å². The van der Waals surface area contributed by atoms with Gasteiger partial charge in [-0.1, -0.05) is 36.4 Å². The number of nitrogens with one attached hydrogen (secondary N) is 3. The molecule has 214 valence electrons. The Morgan fingerprint density at radius 2 is 1.66 bits per heavy atom. The summed E-state index contributed by atoms with van der Waals surface area (Å²) in [5, 5.41) is 4.54. The lowest BCUT2D eigenvalue weighted by Crippen LogP contribution is -2.25. The second-order valence-electron chi connectivity index (χ2n) is 9.00. The van der Waals surface area contributed by atoms with Gasteiger partial charge >= 0.3 is 12.4 Å². The summed E-state index contributed by atoms with van der Waals surface area (Å²) in [7, 11) is 0. The van der Waals surface area contributed by atoms with Crippen LogP contribution in [0.1, 0.15) is 17.5 Å². The molecule has 0 radical (unpaired) electrons. The van der Waals surface area contributed by atoms with Crippen molar-refractivity contribution in [3.63, 3.8) is 0 Å². The van der Waals surface area contributed by atoms with Crippen LogP contribution in [0, 0.1) is 0 Å². The number of para-hydroxylation sites is 2. The van der Waals surface area contributed by atoms with Gasteiger partial charge in [0.2, 0.25) is 5.95 Å². The van der Waals surface area contributed by atoms with Gasteiger partial charge in [0, 0.05) is 38.2 Å². The number of anilines is 2. The maximum Gasteiger partial charge on any atom is 0.573 e. The van der Waals surface area contributed by atoms with Crippen molar-refractivity contribution >= 4 is 17.7 Å². The Morgan fingerprint density at radius 1 is 0.976 bits per heavy atom. The van der Waals surface area contributed by atoms with Gasteiger partial charge in [0.05, 0.1) is 11.3 Å². The number of rotatable bonds is 11. The standard InChI is InChI=1S/C28H28F3N7O3/c29-28(30,31)41-24-5-2-1-4-23(24)35-27(40)37-26-34-16-22(25(39)36-26)21-8-6-19(7-9-21)17-38(15-3-12-32)18-20-10-13-33-14-11-20/h1-2,4-11,13-14,16H,3,12,15,17-18,32H2,(H3,34,35,36,37,39,40). The number of nitrogens with two attached hydrogens (primary N) is 1. The van der Waals surface area contributed by atoms with E-state index in [4.69, 9.17) is 5.73 Å². The number of carbonyl (C=O) groups excluding carboxylic acids is 1. The summed E-state index contributed by atoms with van der Waals surface area (Å²) < 4.78 is 41.8. The van der Waals surface area contributed by atoms with Gasteiger partial charge in [-0.15, -0.1) is 13.2 Å². The molecule has 2 heterocycles. The van der Waals surface area contributed by atoms with E-state index in [1.54, 1.807) is 12.4 Å². The molecule has 0 aliphatic carbocycles. The summed E-state index contributed by atoms with van der Waals surface area (Å²) in [4.78, 5) is 38.0. The predicted molar refractivity (Wildman–Crippen MR) is 148 cm³/mol. The molecule has 2 aromatic carbocycles. The molecule has 41 heavy (non-hydrogen) atoms. The van der Waals surface area contributed by atoms with Crippen molar-refractivity contribution in [2.45, 2.75) is 25.9 Å². The van der Waals surface area contributed by atoms with E-state index in [1.165, 1.54) is 24.4 Å². The van der Waals surface area contributed by atoms with Crippen molar-refractivity contribution in [3.8, 4) is 16.9 Å². The number of benzene rings is 2. The maximum absolute atomic E-state index is 12.7. The van der Waals surface area contributed by atoms with Crippen molar-refractivity contribution in [2.24, 2.45) is 5.73 Å². The minimum Gasteiger partial charge on any atom is -0.404 e. The molecule has 0 saturated heterocycles. The van der Waals surface area contributed by atoms with E-state index >= 15 is 0 Å². The van der Waals surface area contributed by atoms with Gasteiger partial charge in [0.15, 0.2) is 5.75 Å². The van der Waals surface area contributed by atoms with E-state index in [1.807, 2.05) is 36.4 Å². The molecule has 0 bridgehead atoms. The highest BCUT2D eigenvalue weighted by Gasteiger charge is 2.32. The third-order valence-corrected chi connectivity index (χ3v) is 5.90. The van der Waals surface area contributed by atoms with Gasteiger partial charge in [-0.05, 0) is 53.9 Å². The summed E-state index contributed by atoms with van der Waals surface area (Å²) in [5.74, 6) is -0.774. The zero-order valence-electron chi connectivity index (χ0n) is 21.8. The first-order valence-corrected chi connectivity index (χ1v) is 12.6. The van der Waals surface area contributed by atoms with Crippen molar-refractivity contribution < 1.29 is 22.7 Å². The summed E-state index contributed by atoms with van der Waals surface area (Å²) in [6, 6.07) is 15.6. The highest BCUT2D eigenvalue weighted by atomic mass is 19.4. The molecule has 0 spiro atoms. The number of hydrogen-bond acceptors (Lipinski definition) is 7. The van der Waals surface area contributed by atoms with Gasteiger partial charge in [-0.25, -0.2) is 9.78 Å². The van der Waals surface area contributed by atoms with Crippen molar-refractivity contribution in [1.29, 1.82) is 0 Å². The van der Waals surface area contributed by atoms with Crippen LogP contribution in [0.25, 0.3) is 11.1 Å². The molecule has 0 fully saturated rings. The van der Waals surface area contributed by atoms with Crippen molar-refractivity contribution in [3.05, 3.63) is 101 Å². The van der Waals surface area contributed by atoms with Crippen molar-refractivity contribution in [1.82, 2.24) is 19.9 Å². The molecule has 0 aliphatic heterocycles. The Kier molecular flexibility index (Phi) is 9.66. The van der Waals surface area contributed by atoms with Crippen LogP contribution in [-0.2, 0) is 13.1 Å². The highest BCUT2D eigenvalue weighted by Crippen LogP contribution is 2.30. The average Bonchev–Trinajstić information content (AvgIpc) is 2.93. The molecule has 2 amide bonds. The summed E-state index contributed by atoms with van der Waals surface area (Å²) in [6.07, 6.45) is 0.754. The number of alkyl halides is 3. The zero-order chi connectivity index (χ0) is 29.2. The van der Waals surface area contributed by atoms with Gasteiger partial charge in [0.1, 0.15) is 0 Å². The molecule has 0 aliphatic rings. The molecule has 0 saturated carbocycles. The smallest absolute Gasteiger partial charge is 0.404 e. The zero-order valence-corrected chi connectivity index (χ0v) is 21.8. The third-order valence-electron chi connectivity index (χ3n) is 5.90. The molecule has 0 unspecified atom stereocenters. The fraction of sp³-hybridized carbons (Fsp3) is 0.214. The second kappa shape index (κ2) is 13.5. The Morgan fingerprint density at radius 3 is 2.32 bits per heavy atom. The number of carbonyl (C=O) groups is 1. The Bertz CT molecular complexity index is 1500. The van der Waals surface area contributed by atoms with E-state index in [9.17, 15) is 22.8 Å². The number of amides is 2. The number of nitrogens with zero attached hydrogens (tertiary/aromatic N) is 3. The van der Waals surface area contributed by atoms with E-state index in [2.05, 4.69) is 35.2 Å². The number of urea groups is 1. The lowest BCUT2D eigenvalue weighted by molar-refractivity contribution is -0.274. The van der Waals surface area contributed by atoms with Crippen LogP contribution in [0.4, 0.5) is 29.6 Å². The first kappa shape index (κ1) is 29.2. The van der Waals surface area contributed by atoms with Crippen LogP contribution < -0.4 is 26.7 Å². The first-order chi connectivity index (χ1) is 19.7. The van der Waals surface area contributed by atoms with Gasteiger partial charge in [-0.3, -0.25) is 25.0 Å². The number of aromatic amines is 1. The molecule has 13 heteroatoms. The SMILES string of the molecule is NCCCN(Cc1ccncc1)Cc1ccc(-c2cnc(NC(=O)Nc3ccccc3OC(F)(F)F)[nH]c2=O)cc1. The Hall–Kier alpha value is -4.75. The van der Waals surface area contributed by atoms with Crippen LogP contribution in [0.5, 0.6) is 5.75 Å². The topological polar surface area (TPSA) is 138 Å². The molecule has 2 aromatic heterocycles. The summed E-state index contributed by atoms with van der Waals surface area (Å²) >= 11 is 0. The number of halogens is 3. The lowest BCUT2D eigenvalue weighted by Gasteiger charge is -2.22. The molecular weight excluding hydrogens is 539 g/mol. The van der Waals surface area contributed by atoms with Crippen LogP contribution >= 0.6 is 0 Å². The van der Waals surface area contributed by atoms with E-state index in [0.717, 1.165) is 36.7 Å². The summed E-state index contributed by atoms with van der Waals surface area (Å²) in [5.41, 5.74) is 8.09. The van der Waals surface area contributed by atoms with Crippen molar-refractivity contribution in [2.75, 3.05) is 23.7 Å². The van der Waals surface area contributed by atoms with Crippen LogP contribution in [-0.4, -0.2) is 45.3 Å². The van der Waals surface area contributed by atoms with E-state index < -0.39 is 23.7 Å². The van der Waals surface area contributed by atoms with Crippen LogP contribution in [0.2, 0.25) is 0 Å². The van der Waals surface area contributed by atoms with Crippen LogP contribution in [0.3, 0.4) is 0 Å². The largest absolute Gasteiger partial charge is 0.573 e. The normalized spacial score (nSPS) is 11.3. The maximum atomic E-state index is 12.7. The fourth-order valence-corrected chi connectivity index (χ4v) is 4.03. The van der Waals surface area contributed by atoms with E-state index in [0.29, 0.717) is 18.7 Å². The second-order valence-corrected chi connectivity index (χ2v) is 9.00. The third kappa shape index (κ3) is 8.88. The van der Waals surface area contributed by atoms with Gasteiger partial charge < -0.3 is 15.8 Å². The lowest BCUT2D eigenvalue weighted by atomic mass is 10.1. The molecule has 0 atom stereocenters. The Labute approximate surface area is 233 Å². The number of hydrogen-bond donors (Lipinski definition) is 4. The molecule has 4 aromatic rings. The average molecular weight is 568 g/mol. The number of pyridine rings is 1. The fourth-order valence-electron chi connectivity index (χ4n) is 4.03. The number of H-pyrrole nitrogens is 1. The molecule has 5 N–H and O–H groups in total. The number of aromatic nitrogens is 3. The van der Waals surface area contributed by atoms with Gasteiger partial charge in [-0.2, -0.15) is 0 Å². The minimum atomic E-state index is -4.93. The van der Waals surface area contributed by atoms with Crippen LogP contribution in [0.15, 0.2) is 84.0 Å². The number of ether oxygens (including phenoxy) is 1. The predicted octanol–water partition coefficient (Wildman–Crippen LogP) is 4.73. The quantitative estimate of drug-likeness (QED) is 0.206. The Balaban J connectivity index is 1.40. The highest BCUT2D eigenvalue weighted by molar-refractivity contribution is 5.99. The summed E-state index contributed by atoms with van der Waals surface area (Å²) in [6.45, 7) is 2.85. The monoisotopic (exact) mass is 567 g/mol. The first-order valence-electron chi connectivity index (χ1n) is 12.6.